The predicted molar refractivity (Wildman–Crippen MR) is 82.5 cm³/mol. The van der Waals surface area contributed by atoms with E-state index in [0.29, 0.717) is 14.9 Å². The molecule has 2 N–H and O–H groups in total. The number of carbonyl (C=O) groups is 2. The summed E-state index contributed by atoms with van der Waals surface area (Å²) in [5.74, 6) is -1.93. The summed E-state index contributed by atoms with van der Waals surface area (Å²) in [6.07, 6.45) is 0. The first kappa shape index (κ1) is 14.1. The average molecular weight is 340 g/mol. The van der Waals surface area contributed by atoms with Gasteiger partial charge in [-0.15, -0.1) is 11.3 Å². The maximum Gasteiger partial charge on any atom is 0.293 e. The van der Waals surface area contributed by atoms with Crippen molar-refractivity contribution in [1.82, 2.24) is 5.32 Å². The number of amides is 2. The molecular weight excluding hydrogens is 333 g/mol. The Balaban J connectivity index is 2.03. The van der Waals surface area contributed by atoms with Crippen LogP contribution in [0.3, 0.4) is 0 Å². The largest absolute Gasteiger partial charge is 0.502 e. The van der Waals surface area contributed by atoms with Crippen LogP contribution in [0.1, 0.15) is 4.88 Å². The van der Waals surface area contributed by atoms with Crippen LogP contribution in [0.4, 0.5) is 0 Å². The molecule has 0 saturated heterocycles. The molecule has 3 rings (SSSR count). The number of rotatable bonds is 2. The Labute approximate surface area is 133 Å². The lowest BCUT2D eigenvalue weighted by Gasteiger charge is -2.00. The molecule has 0 saturated carbocycles. The van der Waals surface area contributed by atoms with Crippen molar-refractivity contribution in [3.8, 4) is 10.4 Å². The Morgan fingerprint density at radius 3 is 2.29 bits per heavy atom. The quantitative estimate of drug-likeness (QED) is 0.820. The van der Waals surface area contributed by atoms with Crippen molar-refractivity contribution in [2.75, 3.05) is 0 Å². The molecular formula is C14H7Cl2NO3S. The summed E-state index contributed by atoms with van der Waals surface area (Å²) in [4.78, 5) is 24.3. The zero-order valence-electron chi connectivity index (χ0n) is 10.3. The third kappa shape index (κ3) is 2.44. The molecule has 0 bridgehead atoms. The Hall–Kier alpha value is -1.82. The second kappa shape index (κ2) is 5.18. The van der Waals surface area contributed by atoms with Gasteiger partial charge in [0.05, 0.1) is 10.0 Å². The van der Waals surface area contributed by atoms with Gasteiger partial charge < -0.3 is 5.11 Å². The van der Waals surface area contributed by atoms with Gasteiger partial charge in [-0.2, -0.15) is 0 Å². The van der Waals surface area contributed by atoms with Crippen molar-refractivity contribution in [2.24, 2.45) is 0 Å². The number of imide groups is 1. The Morgan fingerprint density at radius 2 is 1.67 bits per heavy atom. The first-order valence-electron chi connectivity index (χ1n) is 5.82. The van der Waals surface area contributed by atoms with Crippen LogP contribution in [0.2, 0.25) is 10.0 Å². The number of halogens is 2. The number of carbonyl (C=O) groups excluding carboxylic acids is 2. The highest BCUT2D eigenvalue weighted by atomic mass is 35.5. The molecule has 0 aliphatic carbocycles. The predicted octanol–water partition coefficient (Wildman–Crippen LogP) is 3.65. The first-order chi connectivity index (χ1) is 9.97. The highest BCUT2D eigenvalue weighted by Crippen LogP contribution is 2.36. The number of aliphatic hydroxyl groups is 1. The standard InChI is InChI=1S/C14H7Cl2NO3S/c15-7-2-1-6(5-8(7)16)9-3-4-10(21-9)11-12(18)14(20)17-13(11)19/h1-5H,(H2,17,18,19,20). The SMILES string of the molecule is O=C1NC(=O)C(c2ccc(-c3ccc(Cl)c(Cl)c3)s2)=C1O. The van der Waals surface area contributed by atoms with E-state index in [1.165, 1.54) is 11.3 Å². The highest BCUT2D eigenvalue weighted by molar-refractivity contribution is 7.17. The number of hydrogen-bond donors (Lipinski definition) is 2. The minimum Gasteiger partial charge on any atom is -0.502 e. The van der Waals surface area contributed by atoms with Crippen LogP contribution >= 0.6 is 34.5 Å². The van der Waals surface area contributed by atoms with E-state index in [1.807, 2.05) is 5.32 Å². The van der Waals surface area contributed by atoms with Gasteiger partial charge in [0.1, 0.15) is 5.57 Å². The monoisotopic (exact) mass is 339 g/mol. The lowest BCUT2D eigenvalue weighted by atomic mass is 10.2. The van der Waals surface area contributed by atoms with Crippen LogP contribution in [0, 0.1) is 0 Å². The van der Waals surface area contributed by atoms with Crippen molar-refractivity contribution < 1.29 is 14.7 Å². The molecule has 1 aliphatic heterocycles. The fourth-order valence-electron chi connectivity index (χ4n) is 1.95. The van der Waals surface area contributed by atoms with Crippen LogP contribution in [0.25, 0.3) is 16.0 Å². The Bertz CT molecular complexity index is 810. The normalized spacial score (nSPS) is 14.8. The molecule has 7 heteroatoms. The van der Waals surface area contributed by atoms with E-state index in [-0.39, 0.29) is 5.57 Å². The number of hydrogen-bond acceptors (Lipinski definition) is 4. The van der Waals surface area contributed by atoms with Crippen LogP contribution in [0.15, 0.2) is 36.1 Å². The minimum absolute atomic E-state index is 0.00342. The van der Waals surface area contributed by atoms with Gasteiger partial charge >= 0.3 is 0 Å². The summed E-state index contributed by atoms with van der Waals surface area (Å²) < 4.78 is 0. The zero-order valence-corrected chi connectivity index (χ0v) is 12.6. The average Bonchev–Trinajstić information content (AvgIpc) is 2.99. The summed E-state index contributed by atoms with van der Waals surface area (Å²) in [6, 6.07) is 8.66. The Morgan fingerprint density at radius 1 is 0.952 bits per heavy atom. The fourth-order valence-corrected chi connectivity index (χ4v) is 3.29. The molecule has 0 unspecified atom stereocenters. The van der Waals surface area contributed by atoms with Crippen LogP contribution in [-0.4, -0.2) is 16.9 Å². The van der Waals surface area contributed by atoms with Gasteiger partial charge in [0, 0.05) is 9.75 Å². The van der Waals surface area contributed by atoms with Crippen molar-refractivity contribution in [3.63, 3.8) is 0 Å². The highest BCUT2D eigenvalue weighted by Gasteiger charge is 2.32. The smallest absolute Gasteiger partial charge is 0.293 e. The molecule has 1 aromatic heterocycles. The van der Waals surface area contributed by atoms with Gasteiger partial charge in [-0.25, -0.2) is 0 Å². The summed E-state index contributed by atoms with van der Waals surface area (Å²) in [6.45, 7) is 0. The van der Waals surface area contributed by atoms with Crippen molar-refractivity contribution in [2.45, 2.75) is 0 Å². The van der Waals surface area contributed by atoms with Gasteiger partial charge in [0.15, 0.2) is 5.76 Å². The van der Waals surface area contributed by atoms with Crippen LogP contribution in [0.5, 0.6) is 0 Å². The van der Waals surface area contributed by atoms with Crippen molar-refractivity contribution in [1.29, 1.82) is 0 Å². The number of benzene rings is 1. The molecule has 2 aromatic rings. The number of aliphatic hydroxyl groups excluding tert-OH is 1. The van der Waals surface area contributed by atoms with Crippen molar-refractivity contribution in [3.05, 3.63) is 51.0 Å². The van der Waals surface area contributed by atoms with Gasteiger partial charge in [0.2, 0.25) is 0 Å². The lowest BCUT2D eigenvalue weighted by Crippen LogP contribution is -2.22. The zero-order chi connectivity index (χ0) is 15.1. The number of nitrogens with one attached hydrogen (secondary N) is 1. The molecule has 4 nitrogen and oxygen atoms in total. The molecule has 21 heavy (non-hydrogen) atoms. The number of thiophene rings is 1. The van der Waals surface area contributed by atoms with Crippen LogP contribution in [-0.2, 0) is 9.59 Å². The molecule has 0 fully saturated rings. The first-order valence-corrected chi connectivity index (χ1v) is 7.39. The van der Waals surface area contributed by atoms with E-state index in [9.17, 15) is 14.7 Å². The second-order valence-electron chi connectivity index (χ2n) is 4.30. The van der Waals surface area contributed by atoms with Gasteiger partial charge in [-0.1, -0.05) is 29.3 Å². The van der Waals surface area contributed by atoms with E-state index < -0.39 is 17.6 Å². The molecule has 0 spiro atoms. The van der Waals surface area contributed by atoms with E-state index in [1.54, 1.807) is 30.3 Å². The summed E-state index contributed by atoms with van der Waals surface area (Å²) in [7, 11) is 0. The summed E-state index contributed by atoms with van der Waals surface area (Å²) in [5.41, 5.74) is 0.835. The van der Waals surface area contributed by atoms with Gasteiger partial charge in [-0.3, -0.25) is 14.9 Å². The Kier molecular flexibility index (Phi) is 3.49. The molecule has 1 aliphatic rings. The molecule has 0 atom stereocenters. The van der Waals surface area contributed by atoms with Crippen molar-refractivity contribution >= 4 is 51.9 Å². The molecule has 0 radical (unpaired) electrons. The maximum absolute atomic E-state index is 11.7. The summed E-state index contributed by atoms with van der Waals surface area (Å²) >= 11 is 13.1. The van der Waals surface area contributed by atoms with E-state index in [2.05, 4.69) is 0 Å². The molecule has 106 valence electrons. The van der Waals surface area contributed by atoms with Crippen LogP contribution < -0.4 is 5.32 Å². The van der Waals surface area contributed by atoms with E-state index >= 15 is 0 Å². The van der Waals surface area contributed by atoms with E-state index in [4.69, 9.17) is 23.2 Å². The third-order valence-electron chi connectivity index (χ3n) is 2.96. The third-order valence-corrected chi connectivity index (χ3v) is 4.85. The lowest BCUT2D eigenvalue weighted by molar-refractivity contribution is -0.124. The summed E-state index contributed by atoms with van der Waals surface area (Å²) in [5, 5.41) is 12.6. The van der Waals surface area contributed by atoms with Gasteiger partial charge in [-0.05, 0) is 29.8 Å². The maximum atomic E-state index is 11.7. The topological polar surface area (TPSA) is 66.4 Å². The van der Waals surface area contributed by atoms with E-state index in [0.717, 1.165) is 10.4 Å². The minimum atomic E-state index is -0.778. The molecule has 2 heterocycles. The molecule has 2 amide bonds. The van der Waals surface area contributed by atoms with Gasteiger partial charge in [0.25, 0.3) is 11.8 Å². The molecule has 1 aromatic carbocycles. The second-order valence-corrected chi connectivity index (χ2v) is 6.20. The fraction of sp³-hybridized carbons (Fsp3) is 0.